The van der Waals surface area contributed by atoms with Gasteiger partial charge < -0.3 is 15.7 Å². The molecule has 5 heteroatoms. The predicted octanol–water partition coefficient (Wildman–Crippen LogP) is 2.11. The predicted molar refractivity (Wildman–Crippen MR) is 75.4 cm³/mol. The maximum Gasteiger partial charge on any atom is 0.136 e. The van der Waals surface area contributed by atoms with Gasteiger partial charge in [-0.15, -0.1) is 0 Å². The van der Waals surface area contributed by atoms with Crippen LogP contribution in [-0.4, -0.2) is 34.3 Å². The topological polar surface area (TPSA) is 70.1 Å². The number of aromatic nitrogens is 2. The first kappa shape index (κ1) is 12.7. The molecule has 0 radical (unpaired) electrons. The lowest BCUT2D eigenvalue weighted by Gasteiger charge is -2.28. The molecule has 2 saturated carbocycles. The zero-order valence-electron chi connectivity index (χ0n) is 11.4. The summed E-state index contributed by atoms with van der Waals surface area (Å²) in [7, 11) is 1.87. The number of nitrogens with one attached hydrogen (secondary N) is 2. The van der Waals surface area contributed by atoms with E-state index < -0.39 is 0 Å². The molecular formula is C14H22N4O. The molecule has 0 saturated heterocycles. The van der Waals surface area contributed by atoms with E-state index in [-0.39, 0.29) is 12.1 Å². The molecule has 0 aromatic carbocycles. The van der Waals surface area contributed by atoms with Gasteiger partial charge in [0.1, 0.15) is 17.5 Å². The van der Waals surface area contributed by atoms with E-state index in [2.05, 4.69) is 20.6 Å². The number of aliphatic hydroxyl groups is 1. The molecule has 19 heavy (non-hydrogen) atoms. The van der Waals surface area contributed by atoms with Gasteiger partial charge in [0, 0.05) is 19.0 Å². The monoisotopic (exact) mass is 262 g/mol. The van der Waals surface area contributed by atoms with Crippen molar-refractivity contribution in [3.8, 4) is 0 Å². The van der Waals surface area contributed by atoms with Gasteiger partial charge >= 0.3 is 0 Å². The smallest absolute Gasteiger partial charge is 0.136 e. The highest BCUT2D eigenvalue weighted by atomic mass is 16.3. The van der Waals surface area contributed by atoms with Crippen LogP contribution >= 0.6 is 0 Å². The van der Waals surface area contributed by atoms with Crippen molar-refractivity contribution in [2.24, 2.45) is 0 Å². The number of nitrogens with zero attached hydrogens (tertiary/aromatic N) is 2. The number of hydrogen-bond donors (Lipinski definition) is 3. The standard InChI is InChI=1S/C14H22N4O/c1-15-12-8-13(18-14(17-12)9-6-7-9)16-10-4-2-3-5-11(10)19/h8-11,19H,2-7H2,1H3,(H2,15,16,17,18). The van der Waals surface area contributed by atoms with Crippen LogP contribution in [0.5, 0.6) is 0 Å². The summed E-state index contributed by atoms with van der Waals surface area (Å²) in [5.74, 6) is 3.15. The zero-order chi connectivity index (χ0) is 13.2. The van der Waals surface area contributed by atoms with Crippen molar-refractivity contribution in [1.29, 1.82) is 0 Å². The first-order chi connectivity index (χ1) is 9.26. The molecule has 0 amide bonds. The molecule has 3 rings (SSSR count). The van der Waals surface area contributed by atoms with Gasteiger partial charge in [0.2, 0.25) is 0 Å². The summed E-state index contributed by atoms with van der Waals surface area (Å²) in [6, 6.07) is 2.05. The summed E-state index contributed by atoms with van der Waals surface area (Å²) in [5.41, 5.74) is 0. The first-order valence-electron chi connectivity index (χ1n) is 7.27. The Morgan fingerprint density at radius 1 is 1.11 bits per heavy atom. The highest BCUT2D eigenvalue weighted by Crippen LogP contribution is 2.39. The Morgan fingerprint density at radius 2 is 1.84 bits per heavy atom. The summed E-state index contributed by atoms with van der Waals surface area (Å²) in [4.78, 5) is 9.10. The van der Waals surface area contributed by atoms with Crippen LogP contribution in [0.15, 0.2) is 6.07 Å². The van der Waals surface area contributed by atoms with Crippen molar-refractivity contribution in [2.45, 2.75) is 56.6 Å². The van der Waals surface area contributed by atoms with Gasteiger partial charge in [-0.25, -0.2) is 9.97 Å². The van der Waals surface area contributed by atoms with E-state index in [1.165, 1.54) is 19.3 Å². The Bertz CT molecular complexity index is 447. The summed E-state index contributed by atoms with van der Waals surface area (Å²) in [6.45, 7) is 0. The maximum atomic E-state index is 10.0. The number of aliphatic hydroxyl groups excluding tert-OH is 1. The Kier molecular flexibility index (Phi) is 3.55. The van der Waals surface area contributed by atoms with Crippen molar-refractivity contribution < 1.29 is 5.11 Å². The molecule has 5 nitrogen and oxygen atoms in total. The van der Waals surface area contributed by atoms with Crippen LogP contribution in [0, 0.1) is 0 Å². The molecule has 1 aromatic heterocycles. The molecule has 2 aliphatic rings. The summed E-state index contributed by atoms with van der Waals surface area (Å²) < 4.78 is 0. The van der Waals surface area contributed by atoms with E-state index in [1.807, 2.05) is 13.1 Å². The SMILES string of the molecule is CNc1cc(NC2CCCCC2O)nc(C2CC2)n1. The van der Waals surface area contributed by atoms with Gasteiger partial charge in [0.25, 0.3) is 0 Å². The van der Waals surface area contributed by atoms with Gasteiger partial charge in [0.15, 0.2) is 0 Å². The average Bonchev–Trinajstić information content (AvgIpc) is 3.25. The zero-order valence-corrected chi connectivity index (χ0v) is 11.4. The van der Waals surface area contributed by atoms with Crippen LogP contribution in [0.1, 0.15) is 50.3 Å². The van der Waals surface area contributed by atoms with E-state index in [0.717, 1.165) is 36.7 Å². The van der Waals surface area contributed by atoms with Crippen LogP contribution in [0.25, 0.3) is 0 Å². The van der Waals surface area contributed by atoms with Gasteiger partial charge in [-0.3, -0.25) is 0 Å². The molecule has 2 fully saturated rings. The Labute approximate surface area is 113 Å². The maximum absolute atomic E-state index is 10.0. The van der Waals surface area contributed by atoms with Gasteiger partial charge in [-0.1, -0.05) is 12.8 Å². The molecule has 2 unspecified atom stereocenters. The van der Waals surface area contributed by atoms with Crippen LogP contribution in [-0.2, 0) is 0 Å². The second-order valence-corrected chi connectivity index (χ2v) is 5.62. The lowest BCUT2D eigenvalue weighted by atomic mass is 9.92. The third kappa shape index (κ3) is 2.97. The molecule has 3 N–H and O–H groups in total. The Morgan fingerprint density at radius 3 is 2.53 bits per heavy atom. The minimum Gasteiger partial charge on any atom is -0.391 e. The van der Waals surface area contributed by atoms with Crippen LogP contribution < -0.4 is 10.6 Å². The fraction of sp³-hybridized carbons (Fsp3) is 0.714. The van der Waals surface area contributed by atoms with Crippen molar-refractivity contribution >= 4 is 11.6 Å². The van der Waals surface area contributed by atoms with Crippen molar-refractivity contribution in [3.63, 3.8) is 0 Å². The molecule has 1 heterocycles. The lowest BCUT2D eigenvalue weighted by Crippen LogP contribution is -2.36. The van der Waals surface area contributed by atoms with E-state index in [9.17, 15) is 5.11 Å². The second kappa shape index (κ2) is 5.33. The minimum atomic E-state index is -0.258. The third-order valence-electron chi connectivity index (χ3n) is 4.00. The number of anilines is 2. The Hall–Kier alpha value is -1.36. The second-order valence-electron chi connectivity index (χ2n) is 5.62. The van der Waals surface area contributed by atoms with Crippen molar-refractivity contribution in [3.05, 3.63) is 11.9 Å². The van der Waals surface area contributed by atoms with E-state index in [1.54, 1.807) is 0 Å². The van der Waals surface area contributed by atoms with Crippen LogP contribution in [0.4, 0.5) is 11.6 Å². The molecule has 0 bridgehead atoms. The van der Waals surface area contributed by atoms with Crippen LogP contribution in [0.2, 0.25) is 0 Å². The molecule has 2 atom stereocenters. The van der Waals surface area contributed by atoms with Crippen molar-refractivity contribution in [2.75, 3.05) is 17.7 Å². The van der Waals surface area contributed by atoms with Gasteiger partial charge in [-0.2, -0.15) is 0 Å². The molecule has 1 aromatic rings. The minimum absolute atomic E-state index is 0.125. The van der Waals surface area contributed by atoms with Crippen molar-refractivity contribution in [1.82, 2.24) is 9.97 Å². The van der Waals surface area contributed by atoms with Gasteiger partial charge in [0.05, 0.1) is 12.1 Å². The summed E-state index contributed by atoms with van der Waals surface area (Å²) in [6.07, 6.45) is 6.32. The molecule has 0 spiro atoms. The lowest BCUT2D eigenvalue weighted by molar-refractivity contribution is 0.116. The molecule has 104 valence electrons. The highest BCUT2D eigenvalue weighted by Gasteiger charge is 2.28. The molecule has 0 aliphatic heterocycles. The number of hydrogen-bond acceptors (Lipinski definition) is 5. The largest absolute Gasteiger partial charge is 0.391 e. The van der Waals surface area contributed by atoms with E-state index in [4.69, 9.17) is 0 Å². The average molecular weight is 262 g/mol. The Balaban J connectivity index is 1.77. The fourth-order valence-electron chi connectivity index (χ4n) is 2.66. The summed E-state index contributed by atoms with van der Waals surface area (Å²) >= 11 is 0. The van der Waals surface area contributed by atoms with Gasteiger partial charge in [-0.05, 0) is 25.7 Å². The first-order valence-corrected chi connectivity index (χ1v) is 7.27. The van der Waals surface area contributed by atoms with E-state index in [0.29, 0.717) is 5.92 Å². The quantitative estimate of drug-likeness (QED) is 0.775. The molecular weight excluding hydrogens is 240 g/mol. The molecule has 2 aliphatic carbocycles. The number of rotatable bonds is 4. The van der Waals surface area contributed by atoms with Crippen LogP contribution in [0.3, 0.4) is 0 Å². The van der Waals surface area contributed by atoms with E-state index >= 15 is 0 Å². The fourth-order valence-corrected chi connectivity index (χ4v) is 2.66. The third-order valence-corrected chi connectivity index (χ3v) is 4.00. The normalized spacial score (nSPS) is 27.1. The summed E-state index contributed by atoms with van der Waals surface area (Å²) in [5, 5.41) is 16.5. The highest BCUT2D eigenvalue weighted by molar-refractivity contribution is 5.48.